The predicted molar refractivity (Wildman–Crippen MR) is 75.7 cm³/mol. The van der Waals surface area contributed by atoms with Gasteiger partial charge < -0.3 is 10.6 Å². The van der Waals surface area contributed by atoms with Crippen molar-refractivity contribution in [3.63, 3.8) is 0 Å². The largest absolute Gasteiger partial charge is 0.325 e. The highest BCUT2D eigenvalue weighted by Gasteiger charge is 2.07. The number of hydrogen-bond donors (Lipinski definition) is 2. The summed E-state index contributed by atoms with van der Waals surface area (Å²) in [5.41, 5.74) is 2.54. The number of nitrogens with one attached hydrogen (secondary N) is 2. The fraction of sp³-hybridized carbons (Fsp3) is 0.385. The van der Waals surface area contributed by atoms with E-state index < -0.39 is 0 Å². The minimum Gasteiger partial charge on any atom is -0.325 e. The standard InChI is InChI=1S/C13H18N6O/c1-9(2)14-7-13(20)16-12-6-11(5-4-10(12)3)19-8-15-17-18-19/h4-6,8-9,14H,7H2,1-3H3,(H,16,20). The van der Waals surface area contributed by atoms with Gasteiger partial charge in [0.05, 0.1) is 12.2 Å². The van der Waals surface area contributed by atoms with E-state index in [2.05, 4.69) is 26.2 Å². The van der Waals surface area contributed by atoms with E-state index in [-0.39, 0.29) is 18.5 Å². The van der Waals surface area contributed by atoms with Gasteiger partial charge in [0.2, 0.25) is 5.91 Å². The molecule has 0 saturated heterocycles. The molecule has 7 nitrogen and oxygen atoms in total. The molecular weight excluding hydrogens is 256 g/mol. The van der Waals surface area contributed by atoms with Gasteiger partial charge in [-0.25, -0.2) is 4.68 Å². The van der Waals surface area contributed by atoms with Gasteiger partial charge in [0.15, 0.2) is 0 Å². The third kappa shape index (κ3) is 3.61. The molecule has 0 spiro atoms. The number of carbonyl (C=O) groups is 1. The Kier molecular flexibility index (Phi) is 4.41. The van der Waals surface area contributed by atoms with Gasteiger partial charge in [-0.15, -0.1) is 5.10 Å². The summed E-state index contributed by atoms with van der Waals surface area (Å²) in [7, 11) is 0. The Balaban J connectivity index is 2.11. The Hall–Kier alpha value is -2.28. The molecule has 2 rings (SSSR count). The lowest BCUT2D eigenvalue weighted by atomic mass is 10.2. The van der Waals surface area contributed by atoms with Gasteiger partial charge >= 0.3 is 0 Å². The average molecular weight is 274 g/mol. The molecule has 0 aliphatic rings. The quantitative estimate of drug-likeness (QED) is 0.846. The van der Waals surface area contributed by atoms with Crippen molar-refractivity contribution in [3.8, 4) is 5.69 Å². The molecule has 1 amide bonds. The molecule has 1 heterocycles. The number of hydrogen-bond acceptors (Lipinski definition) is 5. The van der Waals surface area contributed by atoms with Crippen LogP contribution in [0.1, 0.15) is 19.4 Å². The van der Waals surface area contributed by atoms with Crippen LogP contribution >= 0.6 is 0 Å². The topological polar surface area (TPSA) is 84.7 Å². The molecule has 0 aliphatic carbocycles. The number of rotatable bonds is 5. The van der Waals surface area contributed by atoms with Crippen LogP contribution in [0.5, 0.6) is 0 Å². The van der Waals surface area contributed by atoms with Crippen molar-refractivity contribution < 1.29 is 4.79 Å². The molecule has 0 saturated carbocycles. The first-order valence-electron chi connectivity index (χ1n) is 6.43. The van der Waals surface area contributed by atoms with E-state index in [1.807, 2.05) is 39.0 Å². The fourth-order valence-electron chi connectivity index (χ4n) is 1.66. The van der Waals surface area contributed by atoms with Crippen LogP contribution in [0.4, 0.5) is 5.69 Å². The first kappa shape index (κ1) is 14.1. The zero-order chi connectivity index (χ0) is 14.5. The van der Waals surface area contributed by atoms with Gasteiger partial charge in [0, 0.05) is 11.7 Å². The van der Waals surface area contributed by atoms with Crippen molar-refractivity contribution in [2.24, 2.45) is 0 Å². The van der Waals surface area contributed by atoms with E-state index in [0.29, 0.717) is 0 Å². The zero-order valence-corrected chi connectivity index (χ0v) is 11.8. The minimum absolute atomic E-state index is 0.0735. The molecule has 0 aliphatic heterocycles. The maximum Gasteiger partial charge on any atom is 0.238 e. The number of benzene rings is 1. The molecule has 0 bridgehead atoms. The van der Waals surface area contributed by atoms with Crippen LogP contribution in [-0.2, 0) is 4.79 Å². The van der Waals surface area contributed by atoms with Crippen molar-refractivity contribution in [2.45, 2.75) is 26.8 Å². The Morgan fingerprint density at radius 1 is 1.40 bits per heavy atom. The average Bonchev–Trinajstić information content (AvgIpc) is 2.93. The summed E-state index contributed by atoms with van der Waals surface area (Å²) in [5, 5.41) is 17.0. The third-order valence-electron chi connectivity index (χ3n) is 2.78. The lowest BCUT2D eigenvalue weighted by Gasteiger charge is -2.12. The highest BCUT2D eigenvalue weighted by Crippen LogP contribution is 2.18. The van der Waals surface area contributed by atoms with E-state index in [4.69, 9.17) is 0 Å². The Bertz CT molecular complexity index is 579. The van der Waals surface area contributed by atoms with Crippen LogP contribution in [0.2, 0.25) is 0 Å². The van der Waals surface area contributed by atoms with E-state index in [1.54, 1.807) is 4.68 Å². The first-order chi connectivity index (χ1) is 9.56. The summed E-state index contributed by atoms with van der Waals surface area (Å²) in [6, 6.07) is 5.93. The number of nitrogens with zero attached hydrogens (tertiary/aromatic N) is 4. The number of anilines is 1. The van der Waals surface area contributed by atoms with Crippen LogP contribution in [0.15, 0.2) is 24.5 Å². The van der Waals surface area contributed by atoms with Crippen LogP contribution in [-0.4, -0.2) is 38.7 Å². The predicted octanol–water partition coefficient (Wildman–Crippen LogP) is 0.907. The monoisotopic (exact) mass is 274 g/mol. The smallest absolute Gasteiger partial charge is 0.238 e. The normalized spacial score (nSPS) is 10.8. The molecule has 0 unspecified atom stereocenters. The summed E-state index contributed by atoms with van der Waals surface area (Å²) >= 11 is 0. The molecule has 0 fully saturated rings. The second-order valence-electron chi connectivity index (χ2n) is 4.84. The minimum atomic E-state index is -0.0735. The van der Waals surface area contributed by atoms with Crippen LogP contribution < -0.4 is 10.6 Å². The molecule has 1 aromatic carbocycles. The Morgan fingerprint density at radius 2 is 2.20 bits per heavy atom. The molecular formula is C13H18N6O. The maximum absolute atomic E-state index is 11.8. The first-order valence-corrected chi connectivity index (χ1v) is 6.43. The van der Waals surface area contributed by atoms with Crippen LogP contribution in [0, 0.1) is 6.92 Å². The summed E-state index contributed by atoms with van der Waals surface area (Å²) in [6.07, 6.45) is 1.51. The van der Waals surface area contributed by atoms with E-state index >= 15 is 0 Å². The second kappa shape index (κ2) is 6.25. The van der Waals surface area contributed by atoms with Gasteiger partial charge in [0.1, 0.15) is 6.33 Å². The number of tetrazole rings is 1. The number of amides is 1. The molecule has 1 aromatic heterocycles. The van der Waals surface area contributed by atoms with E-state index in [9.17, 15) is 4.79 Å². The van der Waals surface area contributed by atoms with Gasteiger partial charge in [-0.1, -0.05) is 19.9 Å². The van der Waals surface area contributed by atoms with Gasteiger partial charge in [0.25, 0.3) is 0 Å². The highest BCUT2D eigenvalue weighted by molar-refractivity contribution is 5.93. The van der Waals surface area contributed by atoms with Crippen molar-refractivity contribution in [1.29, 1.82) is 0 Å². The van der Waals surface area contributed by atoms with Crippen molar-refractivity contribution >= 4 is 11.6 Å². The zero-order valence-electron chi connectivity index (χ0n) is 11.8. The Labute approximate surface area is 117 Å². The van der Waals surface area contributed by atoms with Crippen LogP contribution in [0.25, 0.3) is 5.69 Å². The summed E-state index contributed by atoms with van der Waals surface area (Å²) in [5.74, 6) is -0.0735. The van der Waals surface area contributed by atoms with Crippen LogP contribution in [0.3, 0.4) is 0 Å². The molecule has 20 heavy (non-hydrogen) atoms. The fourth-order valence-corrected chi connectivity index (χ4v) is 1.66. The molecule has 2 N–H and O–H groups in total. The highest BCUT2D eigenvalue weighted by atomic mass is 16.1. The molecule has 106 valence electrons. The number of aryl methyl sites for hydroxylation is 1. The lowest BCUT2D eigenvalue weighted by Crippen LogP contribution is -2.32. The number of aromatic nitrogens is 4. The summed E-state index contributed by atoms with van der Waals surface area (Å²) in [6.45, 7) is 6.22. The van der Waals surface area contributed by atoms with Gasteiger partial charge in [-0.05, 0) is 35.0 Å². The lowest BCUT2D eigenvalue weighted by molar-refractivity contribution is -0.115. The Morgan fingerprint density at radius 3 is 2.85 bits per heavy atom. The van der Waals surface area contributed by atoms with Gasteiger partial charge in [-0.3, -0.25) is 4.79 Å². The molecule has 7 heteroatoms. The number of carbonyl (C=O) groups excluding carboxylic acids is 1. The van der Waals surface area contributed by atoms with Gasteiger partial charge in [-0.2, -0.15) is 0 Å². The summed E-state index contributed by atoms with van der Waals surface area (Å²) < 4.78 is 1.54. The van der Waals surface area contributed by atoms with Crippen molar-refractivity contribution in [1.82, 2.24) is 25.5 Å². The van der Waals surface area contributed by atoms with Crippen molar-refractivity contribution in [3.05, 3.63) is 30.1 Å². The third-order valence-corrected chi connectivity index (χ3v) is 2.78. The molecule has 0 radical (unpaired) electrons. The SMILES string of the molecule is Cc1ccc(-n2cnnn2)cc1NC(=O)CNC(C)C. The maximum atomic E-state index is 11.8. The molecule has 2 aromatic rings. The van der Waals surface area contributed by atoms with E-state index in [1.165, 1.54) is 6.33 Å². The second-order valence-corrected chi connectivity index (χ2v) is 4.84. The van der Waals surface area contributed by atoms with E-state index in [0.717, 1.165) is 16.9 Å². The molecule has 0 atom stereocenters. The summed E-state index contributed by atoms with van der Waals surface area (Å²) in [4.78, 5) is 11.8. The van der Waals surface area contributed by atoms with Crippen molar-refractivity contribution in [2.75, 3.05) is 11.9 Å².